The maximum atomic E-state index is 12.2. The molecule has 0 atom stereocenters. The normalized spacial score (nSPS) is 11.1. The van der Waals surface area contributed by atoms with E-state index >= 15 is 0 Å². The third-order valence-corrected chi connectivity index (χ3v) is 2.74. The van der Waals surface area contributed by atoms with Gasteiger partial charge in [0.15, 0.2) is 0 Å². The number of rotatable bonds is 2. The predicted octanol–water partition coefficient (Wildman–Crippen LogP) is 3.06. The molecule has 0 radical (unpaired) electrons. The summed E-state index contributed by atoms with van der Waals surface area (Å²) in [5.74, 6) is 0. The second kappa shape index (κ2) is 3.62. The summed E-state index contributed by atoms with van der Waals surface area (Å²) in [4.78, 5) is 3.94. The minimum absolute atomic E-state index is 0.356. The first-order valence-electron chi connectivity index (χ1n) is 3.60. The molecular weight excluding hydrogens is 232 g/mol. The highest BCUT2D eigenvalue weighted by molar-refractivity contribution is 7.13. The van der Waals surface area contributed by atoms with E-state index in [1.807, 2.05) is 0 Å². The maximum Gasteiger partial charge on any atom is 0.333 e. The molecule has 0 bridgehead atoms. The van der Waals surface area contributed by atoms with Crippen molar-refractivity contribution in [2.75, 3.05) is 0 Å². The SMILES string of the molecule is FC(F)n1cc(-c2nc(Cl)cs2)cn1. The summed E-state index contributed by atoms with van der Waals surface area (Å²) in [5, 5.41) is 6.07. The average molecular weight is 236 g/mol. The summed E-state index contributed by atoms with van der Waals surface area (Å²) >= 11 is 6.89. The molecule has 74 valence electrons. The van der Waals surface area contributed by atoms with Crippen molar-refractivity contribution < 1.29 is 8.78 Å². The van der Waals surface area contributed by atoms with E-state index in [9.17, 15) is 8.78 Å². The lowest BCUT2D eigenvalue weighted by Crippen LogP contribution is -1.96. The monoisotopic (exact) mass is 235 g/mol. The van der Waals surface area contributed by atoms with Crippen LogP contribution >= 0.6 is 22.9 Å². The zero-order valence-electron chi connectivity index (χ0n) is 6.69. The van der Waals surface area contributed by atoms with Crippen molar-refractivity contribution in [3.05, 3.63) is 22.9 Å². The largest absolute Gasteiger partial charge is 0.333 e. The standard InChI is InChI=1S/C7H4ClF2N3S/c8-5-3-14-6(12-5)4-1-11-13(2-4)7(9)10/h1-3,7H. The van der Waals surface area contributed by atoms with Crippen LogP contribution in [0.3, 0.4) is 0 Å². The number of thiazole rings is 1. The molecule has 0 spiro atoms. The van der Waals surface area contributed by atoms with Crippen LogP contribution in [0.1, 0.15) is 6.55 Å². The van der Waals surface area contributed by atoms with Crippen LogP contribution in [0.2, 0.25) is 5.15 Å². The molecule has 0 unspecified atom stereocenters. The molecule has 0 aromatic carbocycles. The highest BCUT2D eigenvalue weighted by atomic mass is 35.5. The molecule has 0 saturated heterocycles. The van der Waals surface area contributed by atoms with Gasteiger partial charge in [-0.15, -0.1) is 11.3 Å². The minimum Gasteiger partial charge on any atom is -0.224 e. The predicted molar refractivity (Wildman–Crippen MR) is 49.6 cm³/mol. The average Bonchev–Trinajstić information content (AvgIpc) is 2.70. The highest BCUT2D eigenvalue weighted by Gasteiger charge is 2.10. The fourth-order valence-corrected chi connectivity index (χ4v) is 1.86. The van der Waals surface area contributed by atoms with Crippen LogP contribution in [0, 0.1) is 0 Å². The Morgan fingerprint density at radius 2 is 2.29 bits per heavy atom. The molecule has 14 heavy (non-hydrogen) atoms. The van der Waals surface area contributed by atoms with Crippen molar-refractivity contribution in [2.45, 2.75) is 6.55 Å². The Balaban J connectivity index is 2.33. The number of hydrogen-bond donors (Lipinski definition) is 0. The van der Waals surface area contributed by atoms with Gasteiger partial charge >= 0.3 is 6.55 Å². The first-order valence-corrected chi connectivity index (χ1v) is 4.86. The van der Waals surface area contributed by atoms with Gasteiger partial charge in [-0.25, -0.2) is 9.67 Å². The molecule has 0 N–H and O–H groups in total. The van der Waals surface area contributed by atoms with Crippen molar-refractivity contribution in [3.63, 3.8) is 0 Å². The van der Waals surface area contributed by atoms with Crippen molar-refractivity contribution in [1.29, 1.82) is 0 Å². The molecule has 2 aromatic heterocycles. The van der Waals surface area contributed by atoms with Gasteiger partial charge < -0.3 is 0 Å². The molecule has 0 aliphatic carbocycles. The highest BCUT2D eigenvalue weighted by Crippen LogP contribution is 2.26. The lowest BCUT2D eigenvalue weighted by atomic mass is 10.4. The molecule has 7 heteroatoms. The Hall–Kier alpha value is -1.01. The first-order chi connectivity index (χ1) is 6.66. The summed E-state index contributed by atoms with van der Waals surface area (Å²) in [5.41, 5.74) is 0.544. The topological polar surface area (TPSA) is 30.7 Å². The Morgan fingerprint density at radius 1 is 1.50 bits per heavy atom. The van der Waals surface area contributed by atoms with Crippen LogP contribution < -0.4 is 0 Å². The summed E-state index contributed by atoms with van der Waals surface area (Å²) in [7, 11) is 0. The van der Waals surface area contributed by atoms with E-state index in [0.29, 0.717) is 20.4 Å². The molecule has 2 aromatic rings. The van der Waals surface area contributed by atoms with Crippen LogP contribution in [-0.4, -0.2) is 14.8 Å². The van der Waals surface area contributed by atoms with Gasteiger partial charge in [-0.3, -0.25) is 0 Å². The van der Waals surface area contributed by atoms with Gasteiger partial charge in [0.25, 0.3) is 0 Å². The van der Waals surface area contributed by atoms with Crippen molar-refractivity contribution in [2.24, 2.45) is 0 Å². The number of aromatic nitrogens is 3. The Bertz CT molecular complexity index is 440. The van der Waals surface area contributed by atoms with Gasteiger partial charge in [-0.2, -0.15) is 13.9 Å². The molecule has 0 amide bonds. The number of halogens is 3. The first kappa shape index (κ1) is 9.54. The zero-order valence-corrected chi connectivity index (χ0v) is 8.27. The van der Waals surface area contributed by atoms with Gasteiger partial charge in [0.2, 0.25) is 0 Å². The van der Waals surface area contributed by atoms with E-state index in [0.717, 1.165) is 0 Å². The Morgan fingerprint density at radius 3 is 2.79 bits per heavy atom. The summed E-state index contributed by atoms with van der Waals surface area (Å²) in [6.07, 6.45) is 2.57. The molecule has 0 saturated carbocycles. The van der Waals surface area contributed by atoms with Crippen LogP contribution in [-0.2, 0) is 0 Å². The number of alkyl halides is 2. The van der Waals surface area contributed by atoms with Gasteiger partial charge in [0.1, 0.15) is 10.2 Å². The molecule has 2 rings (SSSR count). The summed E-state index contributed by atoms with van der Waals surface area (Å²) in [6.45, 7) is -2.63. The van der Waals surface area contributed by atoms with Crippen LogP contribution in [0.25, 0.3) is 10.6 Å². The van der Waals surface area contributed by atoms with E-state index in [1.54, 1.807) is 5.38 Å². The molecule has 2 heterocycles. The molecular formula is C7H4ClF2N3S. The molecule has 0 aliphatic rings. The quantitative estimate of drug-likeness (QED) is 0.801. The number of hydrogen-bond acceptors (Lipinski definition) is 3. The molecule has 0 aliphatic heterocycles. The van der Waals surface area contributed by atoms with Gasteiger partial charge in [-0.1, -0.05) is 11.6 Å². The lowest BCUT2D eigenvalue weighted by Gasteiger charge is -1.94. The Labute approximate surface area is 87.0 Å². The third-order valence-electron chi connectivity index (χ3n) is 1.52. The smallest absolute Gasteiger partial charge is 0.224 e. The fraction of sp³-hybridized carbons (Fsp3) is 0.143. The minimum atomic E-state index is -2.63. The third kappa shape index (κ3) is 1.76. The molecule has 3 nitrogen and oxygen atoms in total. The second-order valence-electron chi connectivity index (χ2n) is 2.46. The van der Waals surface area contributed by atoms with Crippen molar-refractivity contribution in [3.8, 4) is 10.6 Å². The second-order valence-corrected chi connectivity index (χ2v) is 3.71. The van der Waals surface area contributed by atoms with Crippen molar-refractivity contribution >= 4 is 22.9 Å². The van der Waals surface area contributed by atoms with Gasteiger partial charge in [0.05, 0.1) is 6.20 Å². The van der Waals surface area contributed by atoms with Crippen LogP contribution in [0.15, 0.2) is 17.8 Å². The van der Waals surface area contributed by atoms with E-state index in [4.69, 9.17) is 11.6 Å². The van der Waals surface area contributed by atoms with Crippen molar-refractivity contribution in [1.82, 2.24) is 14.8 Å². The lowest BCUT2D eigenvalue weighted by molar-refractivity contribution is 0.0566. The maximum absolute atomic E-state index is 12.2. The van der Waals surface area contributed by atoms with Gasteiger partial charge in [0, 0.05) is 17.1 Å². The molecule has 0 fully saturated rings. The zero-order chi connectivity index (χ0) is 10.1. The van der Waals surface area contributed by atoms with Gasteiger partial charge in [-0.05, 0) is 0 Å². The Kier molecular flexibility index (Phi) is 2.47. The van der Waals surface area contributed by atoms with E-state index in [2.05, 4.69) is 10.1 Å². The summed E-state index contributed by atoms with van der Waals surface area (Å²) in [6, 6.07) is 0. The van der Waals surface area contributed by atoms with Crippen LogP contribution in [0.4, 0.5) is 8.78 Å². The van der Waals surface area contributed by atoms with E-state index < -0.39 is 6.55 Å². The van der Waals surface area contributed by atoms with E-state index in [-0.39, 0.29) is 0 Å². The van der Waals surface area contributed by atoms with E-state index in [1.165, 1.54) is 23.7 Å². The van der Waals surface area contributed by atoms with Crippen LogP contribution in [0.5, 0.6) is 0 Å². The summed E-state index contributed by atoms with van der Waals surface area (Å²) < 4.78 is 24.9. The fourth-order valence-electron chi connectivity index (χ4n) is 0.942. The number of nitrogens with zero attached hydrogens (tertiary/aromatic N) is 3.